The van der Waals surface area contributed by atoms with Crippen LogP contribution in [-0.4, -0.2) is 78.4 Å². The van der Waals surface area contributed by atoms with Crippen LogP contribution in [0.1, 0.15) is 13.8 Å². The Morgan fingerprint density at radius 2 is 1.95 bits per heavy atom. The van der Waals surface area contributed by atoms with Gasteiger partial charge < -0.3 is 20.5 Å². The number of aliphatic hydroxyl groups is 1. The molecule has 0 saturated carbocycles. The van der Waals surface area contributed by atoms with Gasteiger partial charge in [0.2, 0.25) is 5.91 Å². The molecule has 3 N–H and O–H groups in total. The first kappa shape index (κ1) is 14.7. The van der Waals surface area contributed by atoms with Crippen LogP contribution in [0.5, 0.6) is 0 Å². The zero-order chi connectivity index (χ0) is 14.0. The minimum Gasteiger partial charge on any atom is -0.389 e. The molecule has 0 spiro atoms. The van der Waals surface area contributed by atoms with Crippen molar-refractivity contribution >= 4 is 5.91 Å². The molecule has 1 amide bonds. The molecule has 2 heterocycles. The van der Waals surface area contributed by atoms with Gasteiger partial charge >= 0.3 is 0 Å². The van der Waals surface area contributed by atoms with Gasteiger partial charge in [-0.1, -0.05) is 0 Å². The number of hydrogen-bond donors (Lipinski definition) is 2. The predicted molar refractivity (Wildman–Crippen MR) is 71.6 cm³/mol. The Morgan fingerprint density at radius 3 is 2.42 bits per heavy atom. The van der Waals surface area contributed by atoms with Crippen molar-refractivity contribution < 1.29 is 14.6 Å². The summed E-state index contributed by atoms with van der Waals surface area (Å²) in [7, 11) is 0. The minimum absolute atomic E-state index is 0.118. The zero-order valence-corrected chi connectivity index (χ0v) is 11.8. The molecule has 0 bridgehead atoms. The van der Waals surface area contributed by atoms with Gasteiger partial charge in [-0.15, -0.1) is 0 Å². The highest BCUT2D eigenvalue weighted by Gasteiger charge is 2.35. The summed E-state index contributed by atoms with van der Waals surface area (Å²) in [4.78, 5) is 16.4. The molecule has 2 unspecified atom stereocenters. The van der Waals surface area contributed by atoms with Gasteiger partial charge in [-0.05, 0) is 13.8 Å². The molecular weight excluding hydrogens is 246 g/mol. The van der Waals surface area contributed by atoms with E-state index >= 15 is 0 Å². The summed E-state index contributed by atoms with van der Waals surface area (Å²) >= 11 is 0. The van der Waals surface area contributed by atoms with E-state index in [1.54, 1.807) is 13.8 Å². The lowest BCUT2D eigenvalue weighted by molar-refractivity contribution is -0.137. The van der Waals surface area contributed by atoms with Gasteiger partial charge in [0, 0.05) is 38.8 Å². The summed E-state index contributed by atoms with van der Waals surface area (Å²) in [5, 5.41) is 9.80. The fourth-order valence-corrected chi connectivity index (χ4v) is 2.73. The average Bonchev–Trinajstić information content (AvgIpc) is 2.73. The Bertz CT molecular complexity index is 322. The molecule has 6 nitrogen and oxygen atoms in total. The lowest BCUT2D eigenvalue weighted by Crippen LogP contribution is -2.54. The van der Waals surface area contributed by atoms with E-state index in [9.17, 15) is 9.90 Å². The SMILES string of the molecule is CC(C)(O)CN1CCN(C(=O)C2COCC2N)CC1. The van der Waals surface area contributed by atoms with Crippen molar-refractivity contribution in [3.63, 3.8) is 0 Å². The Hall–Kier alpha value is -0.690. The monoisotopic (exact) mass is 271 g/mol. The van der Waals surface area contributed by atoms with Gasteiger partial charge in [0.15, 0.2) is 0 Å². The van der Waals surface area contributed by atoms with Gasteiger partial charge in [-0.3, -0.25) is 9.69 Å². The number of hydrogen-bond acceptors (Lipinski definition) is 5. The number of carbonyl (C=O) groups is 1. The van der Waals surface area contributed by atoms with Crippen LogP contribution in [0.15, 0.2) is 0 Å². The molecule has 2 aliphatic heterocycles. The second-order valence-electron chi connectivity index (χ2n) is 6.22. The number of rotatable bonds is 3. The van der Waals surface area contributed by atoms with Crippen LogP contribution in [0.2, 0.25) is 0 Å². The van der Waals surface area contributed by atoms with Crippen LogP contribution in [0.4, 0.5) is 0 Å². The van der Waals surface area contributed by atoms with E-state index in [4.69, 9.17) is 10.5 Å². The molecule has 2 fully saturated rings. The molecule has 0 aromatic carbocycles. The summed E-state index contributed by atoms with van der Waals surface area (Å²) in [6.45, 7) is 8.20. The van der Waals surface area contributed by atoms with Crippen LogP contribution < -0.4 is 5.73 Å². The molecule has 6 heteroatoms. The van der Waals surface area contributed by atoms with Gasteiger partial charge in [0.25, 0.3) is 0 Å². The van der Waals surface area contributed by atoms with E-state index in [1.807, 2.05) is 4.90 Å². The van der Waals surface area contributed by atoms with Crippen molar-refractivity contribution in [1.29, 1.82) is 0 Å². The average molecular weight is 271 g/mol. The van der Waals surface area contributed by atoms with E-state index in [0.717, 1.165) is 13.1 Å². The predicted octanol–water partition coefficient (Wildman–Crippen LogP) is -1.12. The first-order valence-corrected chi connectivity index (χ1v) is 6.94. The number of ether oxygens (including phenoxy) is 1. The van der Waals surface area contributed by atoms with Gasteiger partial charge in [-0.25, -0.2) is 0 Å². The third kappa shape index (κ3) is 3.89. The molecule has 110 valence electrons. The molecule has 2 rings (SSSR count). The number of carbonyl (C=O) groups excluding carboxylic acids is 1. The van der Waals surface area contributed by atoms with Crippen LogP contribution in [0.25, 0.3) is 0 Å². The third-order valence-corrected chi connectivity index (χ3v) is 3.74. The summed E-state index contributed by atoms with van der Waals surface area (Å²) in [6.07, 6.45) is 0. The van der Waals surface area contributed by atoms with E-state index in [1.165, 1.54) is 0 Å². The maximum Gasteiger partial charge on any atom is 0.229 e. The highest BCUT2D eigenvalue weighted by Crippen LogP contribution is 2.17. The number of piperazine rings is 1. The van der Waals surface area contributed by atoms with Crippen LogP contribution in [-0.2, 0) is 9.53 Å². The van der Waals surface area contributed by atoms with Crippen molar-refractivity contribution in [2.24, 2.45) is 11.7 Å². The van der Waals surface area contributed by atoms with E-state index < -0.39 is 5.60 Å². The van der Waals surface area contributed by atoms with Crippen LogP contribution in [0, 0.1) is 5.92 Å². The third-order valence-electron chi connectivity index (χ3n) is 3.74. The lowest BCUT2D eigenvalue weighted by atomic mass is 10.0. The second-order valence-corrected chi connectivity index (χ2v) is 6.22. The number of nitrogens with two attached hydrogens (primary N) is 1. The molecule has 0 radical (unpaired) electrons. The smallest absolute Gasteiger partial charge is 0.229 e. The molecule has 0 aromatic heterocycles. The molecule has 2 aliphatic rings. The number of nitrogens with zero attached hydrogens (tertiary/aromatic N) is 2. The van der Waals surface area contributed by atoms with E-state index in [-0.39, 0.29) is 17.9 Å². The maximum atomic E-state index is 12.3. The quantitative estimate of drug-likeness (QED) is 0.679. The first-order valence-electron chi connectivity index (χ1n) is 6.94. The summed E-state index contributed by atoms with van der Waals surface area (Å²) in [5.74, 6) is -0.0614. The molecule has 0 aromatic rings. The normalized spacial score (nSPS) is 29.8. The van der Waals surface area contributed by atoms with Crippen molar-refractivity contribution in [1.82, 2.24) is 9.80 Å². The Balaban J connectivity index is 1.81. The largest absolute Gasteiger partial charge is 0.389 e. The van der Waals surface area contributed by atoms with Gasteiger partial charge in [0.05, 0.1) is 24.7 Å². The zero-order valence-electron chi connectivity index (χ0n) is 11.8. The van der Waals surface area contributed by atoms with Gasteiger partial charge in [0.1, 0.15) is 0 Å². The highest BCUT2D eigenvalue weighted by atomic mass is 16.5. The molecule has 19 heavy (non-hydrogen) atoms. The lowest BCUT2D eigenvalue weighted by Gasteiger charge is -2.38. The van der Waals surface area contributed by atoms with E-state index in [2.05, 4.69) is 4.90 Å². The fourth-order valence-electron chi connectivity index (χ4n) is 2.73. The van der Waals surface area contributed by atoms with Crippen LogP contribution in [0.3, 0.4) is 0 Å². The topological polar surface area (TPSA) is 79.0 Å². The van der Waals surface area contributed by atoms with Crippen molar-refractivity contribution in [2.75, 3.05) is 45.9 Å². The fraction of sp³-hybridized carbons (Fsp3) is 0.923. The number of amides is 1. The highest BCUT2D eigenvalue weighted by molar-refractivity contribution is 5.80. The summed E-state index contributed by atoms with van der Waals surface area (Å²) in [6, 6.07) is -0.165. The second kappa shape index (κ2) is 5.75. The standard InChI is InChI=1S/C13H25N3O3/c1-13(2,18)9-15-3-5-16(6-4-15)12(17)10-7-19-8-11(10)14/h10-11,18H,3-9,14H2,1-2H3. The van der Waals surface area contributed by atoms with Crippen molar-refractivity contribution in [3.05, 3.63) is 0 Å². The minimum atomic E-state index is -0.687. The Kier molecular flexibility index (Phi) is 4.45. The maximum absolute atomic E-state index is 12.3. The first-order chi connectivity index (χ1) is 8.87. The van der Waals surface area contributed by atoms with Crippen molar-refractivity contribution in [3.8, 4) is 0 Å². The van der Waals surface area contributed by atoms with Gasteiger partial charge in [-0.2, -0.15) is 0 Å². The van der Waals surface area contributed by atoms with Crippen molar-refractivity contribution in [2.45, 2.75) is 25.5 Å². The molecule has 2 saturated heterocycles. The Labute approximate surface area is 114 Å². The molecule has 0 aliphatic carbocycles. The summed E-state index contributed by atoms with van der Waals surface area (Å²) < 4.78 is 5.25. The van der Waals surface area contributed by atoms with E-state index in [0.29, 0.717) is 32.8 Å². The van der Waals surface area contributed by atoms with Crippen LogP contribution >= 0.6 is 0 Å². The molecular formula is C13H25N3O3. The molecule has 2 atom stereocenters. The summed E-state index contributed by atoms with van der Waals surface area (Å²) in [5.41, 5.74) is 5.19. The Morgan fingerprint density at radius 1 is 1.32 bits per heavy atom. The number of β-amino-alcohol motifs (C(OH)–C–C–N with tert-alkyl or cyclic N) is 1.